The van der Waals surface area contributed by atoms with Crippen molar-refractivity contribution in [3.63, 3.8) is 0 Å². The summed E-state index contributed by atoms with van der Waals surface area (Å²) in [6.07, 6.45) is -0.634. The van der Waals surface area contributed by atoms with Crippen LogP contribution in [0.4, 0.5) is 4.79 Å². The van der Waals surface area contributed by atoms with Gasteiger partial charge in [0.05, 0.1) is 12.4 Å². The Kier molecular flexibility index (Phi) is 7.42. The molecule has 0 saturated heterocycles. The second-order valence-corrected chi connectivity index (χ2v) is 7.35. The molecule has 0 aliphatic heterocycles. The van der Waals surface area contributed by atoms with Crippen molar-refractivity contribution in [3.05, 3.63) is 35.9 Å². The largest absolute Gasteiger partial charge is 0.467 e. The first kappa shape index (κ1) is 19.4. The Morgan fingerprint density at radius 1 is 1.22 bits per heavy atom. The smallest absolute Gasteiger partial charge is 0.408 e. The first-order valence-corrected chi connectivity index (χ1v) is 8.57. The number of rotatable bonds is 6. The molecular weight excluding hydrogens is 314 g/mol. The number of thioether (sulfide) groups is 1. The van der Waals surface area contributed by atoms with Crippen LogP contribution in [0.1, 0.15) is 38.5 Å². The minimum absolute atomic E-state index is 0.249. The Labute approximate surface area is 142 Å². The first-order valence-electron chi connectivity index (χ1n) is 7.52. The van der Waals surface area contributed by atoms with E-state index in [-0.39, 0.29) is 5.25 Å². The van der Waals surface area contributed by atoms with Crippen LogP contribution in [0.15, 0.2) is 30.3 Å². The summed E-state index contributed by atoms with van der Waals surface area (Å²) in [6.45, 7) is 7.32. The monoisotopic (exact) mass is 339 g/mol. The summed E-state index contributed by atoms with van der Waals surface area (Å²) in [7, 11) is 1.31. The van der Waals surface area contributed by atoms with Crippen molar-refractivity contribution in [2.75, 3.05) is 12.9 Å². The lowest BCUT2D eigenvalue weighted by Crippen LogP contribution is -2.46. The Bertz CT molecular complexity index is 513. The van der Waals surface area contributed by atoms with E-state index in [9.17, 15) is 9.59 Å². The summed E-state index contributed by atoms with van der Waals surface area (Å²) in [5.41, 5.74) is 0.316. The van der Waals surface area contributed by atoms with Crippen LogP contribution in [-0.2, 0) is 14.3 Å². The van der Waals surface area contributed by atoms with Crippen LogP contribution >= 0.6 is 11.8 Å². The van der Waals surface area contributed by atoms with Gasteiger partial charge in [0.1, 0.15) is 11.6 Å². The maximum absolute atomic E-state index is 12.2. The predicted octanol–water partition coefficient (Wildman–Crippen LogP) is 3.55. The number of amides is 1. The molecule has 0 aliphatic carbocycles. The van der Waals surface area contributed by atoms with E-state index in [1.807, 2.05) is 37.3 Å². The third-order valence-corrected chi connectivity index (χ3v) is 4.14. The number of benzene rings is 1. The minimum atomic E-state index is -0.817. The zero-order chi connectivity index (χ0) is 17.5. The maximum Gasteiger partial charge on any atom is 0.408 e. The van der Waals surface area contributed by atoms with Gasteiger partial charge in [0.15, 0.2) is 0 Å². The van der Waals surface area contributed by atoms with E-state index in [1.165, 1.54) is 7.11 Å². The van der Waals surface area contributed by atoms with Crippen molar-refractivity contribution < 1.29 is 19.1 Å². The molecule has 1 aromatic carbocycles. The third kappa shape index (κ3) is 6.52. The lowest BCUT2D eigenvalue weighted by atomic mass is 10.1. The topological polar surface area (TPSA) is 64.6 Å². The molecule has 1 rings (SSSR count). The summed E-state index contributed by atoms with van der Waals surface area (Å²) in [4.78, 5) is 24.3. The fourth-order valence-electron chi connectivity index (χ4n) is 2.03. The van der Waals surface area contributed by atoms with Gasteiger partial charge in [0.25, 0.3) is 0 Å². The molecule has 6 heteroatoms. The van der Waals surface area contributed by atoms with Crippen LogP contribution in [0, 0.1) is 0 Å². The van der Waals surface area contributed by atoms with Crippen molar-refractivity contribution in [1.29, 1.82) is 0 Å². The molecule has 0 aromatic heterocycles. The number of nitrogens with one attached hydrogen (secondary N) is 1. The number of methoxy groups -OCH3 is 1. The molecule has 2 atom stereocenters. The van der Waals surface area contributed by atoms with Crippen molar-refractivity contribution >= 4 is 23.8 Å². The average molecular weight is 339 g/mol. The van der Waals surface area contributed by atoms with E-state index in [4.69, 9.17) is 9.47 Å². The maximum atomic E-state index is 12.2. The number of ether oxygens (including phenoxy) is 2. The Morgan fingerprint density at radius 3 is 2.30 bits per heavy atom. The fraction of sp³-hybridized carbons (Fsp3) is 0.529. The molecule has 1 N–H and O–H groups in total. The zero-order valence-corrected chi connectivity index (χ0v) is 15.1. The molecule has 0 heterocycles. The lowest BCUT2D eigenvalue weighted by molar-refractivity contribution is -0.143. The van der Waals surface area contributed by atoms with E-state index >= 15 is 0 Å². The molecule has 0 fully saturated rings. The minimum Gasteiger partial charge on any atom is -0.467 e. The van der Waals surface area contributed by atoms with Gasteiger partial charge in [0.2, 0.25) is 0 Å². The van der Waals surface area contributed by atoms with Crippen LogP contribution in [0.5, 0.6) is 0 Å². The van der Waals surface area contributed by atoms with Gasteiger partial charge in [-0.2, -0.15) is 11.8 Å². The summed E-state index contributed by atoms with van der Waals surface area (Å²) in [5, 5.41) is 2.40. The second-order valence-electron chi connectivity index (χ2n) is 5.93. The molecule has 0 aliphatic rings. The van der Waals surface area contributed by atoms with Crippen molar-refractivity contribution in [1.82, 2.24) is 5.32 Å². The number of alkyl carbamates (subject to hydrolysis) is 1. The van der Waals surface area contributed by atoms with Gasteiger partial charge in [-0.1, -0.05) is 37.3 Å². The van der Waals surface area contributed by atoms with Gasteiger partial charge >= 0.3 is 12.1 Å². The summed E-state index contributed by atoms with van der Waals surface area (Å²) < 4.78 is 10.1. The van der Waals surface area contributed by atoms with Crippen molar-refractivity contribution in [2.24, 2.45) is 0 Å². The zero-order valence-electron chi connectivity index (χ0n) is 14.3. The number of carbonyl (C=O) groups excluding carboxylic acids is 2. The van der Waals surface area contributed by atoms with Crippen LogP contribution in [-0.4, -0.2) is 36.6 Å². The van der Waals surface area contributed by atoms with Gasteiger partial charge in [-0.3, -0.25) is 0 Å². The van der Waals surface area contributed by atoms with Crippen LogP contribution in [0.3, 0.4) is 0 Å². The SMILES string of the molecule is CCS[C@H](c1ccccc1)[C@H](NC(=O)OC(C)(C)C)C(=O)OC. The third-order valence-electron chi connectivity index (χ3n) is 2.90. The molecule has 0 bridgehead atoms. The quantitative estimate of drug-likeness (QED) is 0.803. The highest BCUT2D eigenvalue weighted by Crippen LogP contribution is 2.32. The summed E-state index contributed by atoms with van der Waals surface area (Å²) in [5.74, 6) is 0.300. The number of carbonyl (C=O) groups is 2. The van der Waals surface area contributed by atoms with Crippen LogP contribution in [0.2, 0.25) is 0 Å². The molecule has 0 radical (unpaired) electrons. The molecule has 1 aromatic rings. The molecule has 5 nitrogen and oxygen atoms in total. The molecule has 128 valence electrons. The number of hydrogen-bond acceptors (Lipinski definition) is 5. The summed E-state index contributed by atoms with van der Waals surface area (Å²) >= 11 is 1.57. The average Bonchev–Trinajstić information content (AvgIpc) is 2.49. The van der Waals surface area contributed by atoms with Crippen LogP contribution < -0.4 is 5.32 Å². The standard InChI is InChI=1S/C17H25NO4S/c1-6-23-14(12-10-8-7-9-11-12)13(15(19)21-5)18-16(20)22-17(2,3)4/h7-11,13-14H,6H2,1-5H3,(H,18,20)/t13-,14+/m0/s1. The van der Waals surface area contributed by atoms with Crippen molar-refractivity contribution in [2.45, 2.75) is 44.6 Å². The molecule has 23 heavy (non-hydrogen) atoms. The summed E-state index contributed by atoms with van der Waals surface area (Å²) in [6, 6.07) is 8.76. The number of hydrogen-bond donors (Lipinski definition) is 1. The Hall–Kier alpha value is -1.69. The molecule has 0 spiro atoms. The lowest BCUT2D eigenvalue weighted by Gasteiger charge is -2.27. The van der Waals surface area contributed by atoms with E-state index < -0.39 is 23.7 Å². The Balaban J connectivity index is 3.02. The van der Waals surface area contributed by atoms with E-state index in [2.05, 4.69) is 5.32 Å². The van der Waals surface area contributed by atoms with Crippen LogP contribution in [0.25, 0.3) is 0 Å². The fourth-order valence-corrected chi connectivity index (χ4v) is 3.11. The van der Waals surface area contributed by atoms with E-state index in [0.717, 1.165) is 11.3 Å². The van der Waals surface area contributed by atoms with E-state index in [1.54, 1.807) is 32.5 Å². The van der Waals surface area contributed by atoms with Gasteiger partial charge in [0, 0.05) is 0 Å². The van der Waals surface area contributed by atoms with Gasteiger partial charge in [-0.25, -0.2) is 9.59 Å². The Morgan fingerprint density at radius 2 is 1.83 bits per heavy atom. The van der Waals surface area contributed by atoms with Gasteiger partial charge in [-0.15, -0.1) is 0 Å². The van der Waals surface area contributed by atoms with Gasteiger partial charge < -0.3 is 14.8 Å². The number of esters is 1. The molecule has 0 saturated carbocycles. The predicted molar refractivity (Wildman–Crippen MR) is 92.5 cm³/mol. The molecular formula is C17H25NO4S. The normalized spacial score (nSPS) is 13.8. The van der Waals surface area contributed by atoms with Gasteiger partial charge in [-0.05, 0) is 32.1 Å². The highest BCUT2D eigenvalue weighted by Gasteiger charge is 2.33. The molecule has 0 unspecified atom stereocenters. The highest BCUT2D eigenvalue weighted by atomic mass is 32.2. The van der Waals surface area contributed by atoms with E-state index in [0.29, 0.717) is 0 Å². The molecule has 1 amide bonds. The highest BCUT2D eigenvalue weighted by molar-refractivity contribution is 7.99. The second kappa shape index (κ2) is 8.82. The first-order chi connectivity index (χ1) is 10.8. The van der Waals surface area contributed by atoms with Crippen molar-refractivity contribution in [3.8, 4) is 0 Å².